The maximum absolute atomic E-state index is 14.6. The van der Waals surface area contributed by atoms with Crippen molar-refractivity contribution in [2.24, 2.45) is 0 Å². The number of ether oxygens (including phenoxy) is 1. The number of hydrogen-bond donors (Lipinski definition) is 1. The largest absolute Gasteiger partial charge is 0.491 e. The van der Waals surface area contributed by atoms with E-state index in [2.05, 4.69) is 20.3 Å². The maximum Gasteiger partial charge on any atom is 0.225 e. The Morgan fingerprint density at radius 3 is 2.62 bits per heavy atom. The number of anilines is 1. The van der Waals surface area contributed by atoms with Crippen LogP contribution in [0.5, 0.6) is 5.75 Å². The second-order valence-electron chi connectivity index (χ2n) is 7.75. The van der Waals surface area contributed by atoms with Crippen molar-refractivity contribution in [2.75, 3.05) is 33.1 Å². The fourth-order valence-corrected chi connectivity index (χ4v) is 3.48. The number of aromatic nitrogens is 3. The van der Waals surface area contributed by atoms with E-state index in [1.54, 1.807) is 51.7 Å². The summed E-state index contributed by atoms with van der Waals surface area (Å²) in [7, 11) is 5.04. The fourth-order valence-electron chi connectivity index (χ4n) is 3.48. The minimum Gasteiger partial charge on any atom is -0.491 e. The van der Waals surface area contributed by atoms with Gasteiger partial charge in [0.1, 0.15) is 17.1 Å². The minimum absolute atomic E-state index is 0.0782. The van der Waals surface area contributed by atoms with Crippen molar-refractivity contribution in [1.29, 1.82) is 0 Å². The molecular formula is C25H23F2N5O2. The maximum atomic E-state index is 14.6. The van der Waals surface area contributed by atoms with Gasteiger partial charge in [-0.15, -0.1) is 0 Å². The summed E-state index contributed by atoms with van der Waals surface area (Å²) in [5.41, 5.74) is 1.65. The van der Waals surface area contributed by atoms with Crippen LogP contribution in [0.25, 0.3) is 33.4 Å². The van der Waals surface area contributed by atoms with Gasteiger partial charge in [-0.25, -0.2) is 18.7 Å². The summed E-state index contributed by atoms with van der Waals surface area (Å²) in [4.78, 5) is 26.9. The Bertz CT molecular complexity index is 1350. The Morgan fingerprint density at radius 1 is 1.09 bits per heavy atom. The van der Waals surface area contributed by atoms with E-state index in [4.69, 9.17) is 4.74 Å². The number of benzene rings is 2. The molecule has 1 N–H and O–H groups in total. The first-order valence-corrected chi connectivity index (χ1v) is 10.6. The van der Waals surface area contributed by atoms with Gasteiger partial charge >= 0.3 is 0 Å². The van der Waals surface area contributed by atoms with Crippen molar-refractivity contribution >= 4 is 22.6 Å². The van der Waals surface area contributed by atoms with Gasteiger partial charge in [0.05, 0.1) is 13.0 Å². The molecule has 2 aromatic heterocycles. The summed E-state index contributed by atoms with van der Waals surface area (Å²) in [5.74, 6) is -0.784. The van der Waals surface area contributed by atoms with E-state index in [0.717, 1.165) is 6.07 Å². The van der Waals surface area contributed by atoms with Crippen molar-refractivity contribution in [1.82, 2.24) is 19.9 Å². The van der Waals surface area contributed by atoms with Gasteiger partial charge in [-0.1, -0.05) is 12.1 Å². The van der Waals surface area contributed by atoms with Crippen LogP contribution in [0.1, 0.15) is 6.42 Å². The highest BCUT2D eigenvalue weighted by molar-refractivity contribution is 5.97. The highest BCUT2D eigenvalue weighted by Crippen LogP contribution is 2.37. The molecule has 4 aromatic rings. The van der Waals surface area contributed by atoms with Crippen LogP contribution in [-0.2, 0) is 4.79 Å². The van der Waals surface area contributed by atoms with Gasteiger partial charge in [0.15, 0.2) is 17.5 Å². The molecule has 0 atom stereocenters. The molecule has 7 nitrogen and oxygen atoms in total. The summed E-state index contributed by atoms with van der Waals surface area (Å²) < 4.78 is 34.5. The first kappa shape index (κ1) is 23.0. The van der Waals surface area contributed by atoms with Gasteiger partial charge < -0.3 is 15.0 Å². The minimum atomic E-state index is -0.963. The summed E-state index contributed by atoms with van der Waals surface area (Å²) >= 11 is 0. The van der Waals surface area contributed by atoms with Gasteiger partial charge in [-0.3, -0.25) is 9.78 Å². The van der Waals surface area contributed by atoms with Crippen molar-refractivity contribution < 1.29 is 18.3 Å². The topological polar surface area (TPSA) is 80.2 Å². The standard InChI is InChI=1S/C25H23F2N5O2/c1-28-25-18-12-16(17-7-4-8-19(26)22(17)27)13-20(34-11-9-21(33)32(2)3)23(18)30-24(31-25)15-6-5-10-29-14-15/h4-8,10,12-14H,9,11H2,1-3H3,(H,28,30,31). The molecule has 4 rings (SSSR count). The Balaban J connectivity index is 1.89. The normalized spacial score (nSPS) is 10.9. The van der Waals surface area contributed by atoms with Gasteiger partial charge in [-0.2, -0.15) is 0 Å². The molecule has 0 saturated carbocycles. The van der Waals surface area contributed by atoms with E-state index in [-0.39, 0.29) is 24.5 Å². The van der Waals surface area contributed by atoms with Crippen molar-refractivity contribution in [3.05, 3.63) is 66.5 Å². The summed E-state index contributed by atoms with van der Waals surface area (Å²) in [6.07, 6.45) is 3.44. The Kier molecular flexibility index (Phi) is 6.62. The molecule has 0 spiro atoms. The summed E-state index contributed by atoms with van der Waals surface area (Å²) in [6, 6.07) is 10.9. The zero-order chi connectivity index (χ0) is 24.2. The molecule has 0 aliphatic rings. The number of nitrogens with one attached hydrogen (secondary N) is 1. The quantitative estimate of drug-likeness (QED) is 0.434. The van der Waals surface area contributed by atoms with E-state index < -0.39 is 11.6 Å². The van der Waals surface area contributed by atoms with Crippen LogP contribution in [0, 0.1) is 11.6 Å². The van der Waals surface area contributed by atoms with E-state index >= 15 is 0 Å². The number of amides is 1. The molecule has 0 unspecified atom stereocenters. The monoisotopic (exact) mass is 463 g/mol. The predicted octanol–water partition coefficient (Wildman–Crippen LogP) is 4.54. The van der Waals surface area contributed by atoms with Crippen LogP contribution >= 0.6 is 0 Å². The first-order valence-electron chi connectivity index (χ1n) is 10.6. The highest BCUT2D eigenvalue weighted by atomic mass is 19.2. The molecule has 174 valence electrons. The molecule has 0 saturated heterocycles. The summed E-state index contributed by atoms with van der Waals surface area (Å²) in [6.45, 7) is 0.0856. The molecule has 0 fully saturated rings. The lowest BCUT2D eigenvalue weighted by atomic mass is 10.0. The van der Waals surface area contributed by atoms with Crippen LogP contribution in [0.3, 0.4) is 0 Å². The van der Waals surface area contributed by atoms with E-state index in [0.29, 0.717) is 39.4 Å². The molecule has 9 heteroatoms. The number of rotatable bonds is 7. The van der Waals surface area contributed by atoms with Crippen molar-refractivity contribution in [3.63, 3.8) is 0 Å². The number of pyridine rings is 1. The van der Waals surface area contributed by atoms with Crippen LogP contribution < -0.4 is 10.1 Å². The molecule has 2 heterocycles. The van der Waals surface area contributed by atoms with Gasteiger partial charge in [0.25, 0.3) is 0 Å². The Labute approximate surface area is 195 Å². The van der Waals surface area contributed by atoms with Crippen LogP contribution in [0.15, 0.2) is 54.9 Å². The Hall–Kier alpha value is -4.14. The number of nitrogens with zero attached hydrogens (tertiary/aromatic N) is 4. The van der Waals surface area contributed by atoms with Crippen LogP contribution in [0.4, 0.5) is 14.6 Å². The fraction of sp³-hybridized carbons (Fsp3) is 0.200. The molecular weight excluding hydrogens is 440 g/mol. The lowest BCUT2D eigenvalue weighted by Crippen LogP contribution is -2.23. The summed E-state index contributed by atoms with van der Waals surface area (Å²) in [5, 5.41) is 3.61. The Morgan fingerprint density at radius 2 is 1.91 bits per heavy atom. The second-order valence-corrected chi connectivity index (χ2v) is 7.75. The van der Waals surface area contributed by atoms with E-state index in [9.17, 15) is 13.6 Å². The number of halogens is 2. The average molecular weight is 463 g/mol. The SMILES string of the molecule is CNc1nc(-c2cccnc2)nc2c(OCCC(=O)N(C)C)cc(-c3cccc(F)c3F)cc12. The third kappa shape index (κ3) is 4.63. The van der Waals surface area contributed by atoms with Gasteiger partial charge in [-0.05, 0) is 35.9 Å². The lowest BCUT2D eigenvalue weighted by Gasteiger charge is -2.16. The van der Waals surface area contributed by atoms with Gasteiger partial charge in [0, 0.05) is 50.0 Å². The van der Waals surface area contributed by atoms with Crippen LogP contribution in [-0.4, -0.2) is 53.5 Å². The molecule has 0 aliphatic carbocycles. The highest BCUT2D eigenvalue weighted by Gasteiger charge is 2.18. The van der Waals surface area contributed by atoms with E-state index in [1.807, 2.05) is 6.07 Å². The molecule has 0 radical (unpaired) electrons. The number of hydrogen-bond acceptors (Lipinski definition) is 6. The molecule has 2 aromatic carbocycles. The number of fused-ring (bicyclic) bond motifs is 1. The smallest absolute Gasteiger partial charge is 0.225 e. The molecule has 1 amide bonds. The van der Waals surface area contributed by atoms with Crippen LogP contribution in [0.2, 0.25) is 0 Å². The van der Waals surface area contributed by atoms with Crippen molar-refractivity contribution in [3.8, 4) is 28.3 Å². The number of carbonyl (C=O) groups is 1. The zero-order valence-electron chi connectivity index (χ0n) is 19.0. The predicted molar refractivity (Wildman–Crippen MR) is 126 cm³/mol. The third-order valence-corrected chi connectivity index (χ3v) is 5.26. The number of carbonyl (C=O) groups excluding carboxylic acids is 1. The molecule has 34 heavy (non-hydrogen) atoms. The zero-order valence-corrected chi connectivity index (χ0v) is 19.0. The van der Waals surface area contributed by atoms with Gasteiger partial charge in [0.2, 0.25) is 5.91 Å². The third-order valence-electron chi connectivity index (χ3n) is 5.26. The molecule has 0 aliphatic heterocycles. The first-order chi connectivity index (χ1) is 16.4. The van der Waals surface area contributed by atoms with E-state index in [1.165, 1.54) is 17.0 Å². The van der Waals surface area contributed by atoms with Crippen molar-refractivity contribution in [2.45, 2.75) is 6.42 Å². The second kappa shape index (κ2) is 9.78. The average Bonchev–Trinajstić information content (AvgIpc) is 2.85. The molecule has 0 bridgehead atoms. The lowest BCUT2D eigenvalue weighted by molar-refractivity contribution is -0.129.